The van der Waals surface area contributed by atoms with Crippen LogP contribution in [0.1, 0.15) is 44.1 Å². The van der Waals surface area contributed by atoms with Gasteiger partial charge in [0.05, 0.1) is 5.84 Å². The van der Waals surface area contributed by atoms with Crippen molar-refractivity contribution in [2.24, 2.45) is 0 Å². The number of hydrogen-bond acceptors (Lipinski definition) is 1. The smallest absolute Gasteiger partial charge is 0.0957 e. The fourth-order valence-corrected chi connectivity index (χ4v) is 2.43. The van der Waals surface area contributed by atoms with Gasteiger partial charge in [-0.25, -0.2) is 0 Å². The summed E-state index contributed by atoms with van der Waals surface area (Å²) < 4.78 is 0. The molecule has 2 nitrogen and oxygen atoms in total. The molecule has 1 aliphatic rings. The predicted octanol–water partition coefficient (Wildman–Crippen LogP) is 3.64. The predicted molar refractivity (Wildman–Crippen MR) is 72.6 cm³/mol. The van der Waals surface area contributed by atoms with E-state index < -0.39 is 0 Å². The maximum absolute atomic E-state index is 7.92. The van der Waals surface area contributed by atoms with Crippen LogP contribution in [0.4, 0.5) is 0 Å². The Labute approximate surface area is 104 Å². The maximum atomic E-state index is 7.92. The van der Waals surface area contributed by atoms with Crippen LogP contribution in [-0.4, -0.2) is 23.8 Å². The highest BCUT2D eigenvalue weighted by atomic mass is 15.2. The summed E-state index contributed by atoms with van der Waals surface area (Å²) in [6.45, 7) is 4.40. The lowest BCUT2D eigenvalue weighted by Crippen LogP contribution is -2.35. The molecule has 1 aromatic rings. The van der Waals surface area contributed by atoms with E-state index in [9.17, 15) is 0 Å². The number of rotatable bonds is 4. The van der Waals surface area contributed by atoms with Crippen LogP contribution in [0.2, 0.25) is 0 Å². The average Bonchev–Trinajstić information content (AvgIpc) is 2.38. The molecule has 2 heteroatoms. The molecule has 0 saturated carbocycles. The molecule has 2 rings (SSSR count). The van der Waals surface area contributed by atoms with Gasteiger partial charge in [0, 0.05) is 19.5 Å². The highest BCUT2D eigenvalue weighted by Crippen LogP contribution is 2.20. The Hall–Kier alpha value is -1.31. The van der Waals surface area contributed by atoms with Crippen molar-refractivity contribution in [2.75, 3.05) is 13.1 Å². The van der Waals surface area contributed by atoms with Crippen LogP contribution in [-0.2, 0) is 0 Å². The maximum Gasteiger partial charge on any atom is 0.0957 e. The number of benzene rings is 1. The zero-order valence-corrected chi connectivity index (χ0v) is 10.7. The molecule has 1 fully saturated rings. The molecular weight excluding hydrogens is 208 g/mol. The lowest BCUT2D eigenvalue weighted by atomic mass is 9.97. The number of piperidine rings is 1. The SMILES string of the molecule is CC(CCN1CCCCC1=N)c1ccccc1. The standard InChI is InChI=1S/C15H22N2/c1-13(14-7-3-2-4-8-14)10-12-17-11-6-5-9-15(17)16/h2-4,7-8,13,16H,5-6,9-12H2,1H3. The zero-order valence-electron chi connectivity index (χ0n) is 10.7. The molecule has 1 saturated heterocycles. The minimum Gasteiger partial charge on any atom is -0.361 e. The number of nitrogens with one attached hydrogen (secondary N) is 1. The molecule has 1 unspecified atom stereocenters. The second-order valence-electron chi connectivity index (χ2n) is 4.99. The summed E-state index contributed by atoms with van der Waals surface area (Å²) in [5, 5.41) is 7.92. The van der Waals surface area contributed by atoms with E-state index in [4.69, 9.17) is 5.41 Å². The van der Waals surface area contributed by atoms with Crippen LogP contribution in [0.5, 0.6) is 0 Å². The van der Waals surface area contributed by atoms with Crippen molar-refractivity contribution < 1.29 is 0 Å². The van der Waals surface area contributed by atoms with Gasteiger partial charge in [-0.05, 0) is 30.7 Å². The zero-order chi connectivity index (χ0) is 12.1. The van der Waals surface area contributed by atoms with Crippen LogP contribution in [0, 0.1) is 5.41 Å². The second kappa shape index (κ2) is 5.85. The van der Waals surface area contributed by atoms with Crippen LogP contribution in [0.3, 0.4) is 0 Å². The largest absolute Gasteiger partial charge is 0.361 e. The Balaban J connectivity index is 1.83. The highest BCUT2D eigenvalue weighted by molar-refractivity contribution is 5.79. The van der Waals surface area contributed by atoms with E-state index in [0.29, 0.717) is 5.92 Å². The van der Waals surface area contributed by atoms with Gasteiger partial charge >= 0.3 is 0 Å². The van der Waals surface area contributed by atoms with Gasteiger partial charge in [-0.1, -0.05) is 37.3 Å². The normalized spacial score (nSPS) is 18.2. The van der Waals surface area contributed by atoms with Crippen LogP contribution in [0.15, 0.2) is 30.3 Å². The molecular formula is C15H22N2. The number of amidine groups is 1. The van der Waals surface area contributed by atoms with Crippen LogP contribution in [0.25, 0.3) is 0 Å². The molecule has 1 N–H and O–H groups in total. The van der Waals surface area contributed by atoms with Crippen molar-refractivity contribution in [3.63, 3.8) is 0 Å². The van der Waals surface area contributed by atoms with E-state index in [1.165, 1.54) is 18.4 Å². The molecule has 92 valence electrons. The van der Waals surface area contributed by atoms with E-state index >= 15 is 0 Å². The van der Waals surface area contributed by atoms with Gasteiger partial charge < -0.3 is 4.90 Å². The van der Waals surface area contributed by atoms with Crippen LogP contribution >= 0.6 is 0 Å². The first kappa shape index (κ1) is 12.2. The number of likely N-dealkylation sites (tertiary alicyclic amines) is 1. The Morgan fingerprint density at radius 1 is 1.24 bits per heavy atom. The third-order valence-corrected chi connectivity index (χ3v) is 3.67. The van der Waals surface area contributed by atoms with E-state index in [2.05, 4.69) is 42.2 Å². The molecule has 0 spiro atoms. The van der Waals surface area contributed by atoms with Gasteiger partial charge in [-0.2, -0.15) is 0 Å². The molecule has 0 aliphatic carbocycles. The first-order valence-corrected chi connectivity index (χ1v) is 6.64. The fourth-order valence-electron chi connectivity index (χ4n) is 2.43. The molecule has 17 heavy (non-hydrogen) atoms. The minimum absolute atomic E-state index is 0.589. The van der Waals surface area contributed by atoms with Gasteiger partial charge in [0.1, 0.15) is 0 Å². The average molecular weight is 230 g/mol. The quantitative estimate of drug-likeness (QED) is 0.840. The number of hydrogen-bond donors (Lipinski definition) is 1. The molecule has 0 amide bonds. The summed E-state index contributed by atoms with van der Waals surface area (Å²) in [6, 6.07) is 10.7. The third kappa shape index (κ3) is 3.32. The van der Waals surface area contributed by atoms with Gasteiger partial charge in [0.25, 0.3) is 0 Å². The summed E-state index contributed by atoms with van der Waals surface area (Å²) in [7, 11) is 0. The molecule has 0 radical (unpaired) electrons. The first-order chi connectivity index (χ1) is 8.27. The Morgan fingerprint density at radius 2 is 2.00 bits per heavy atom. The van der Waals surface area contributed by atoms with Crippen molar-refractivity contribution in [3.05, 3.63) is 35.9 Å². The molecule has 1 atom stereocenters. The van der Waals surface area contributed by atoms with Gasteiger partial charge in [0.2, 0.25) is 0 Å². The van der Waals surface area contributed by atoms with E-state index in [1.807, 2.05) is 0 Å². The Bertz CT molecular complexity index is 358. The molecule has 0 bridgehead atoms. The second-order valence-corrected chi connectivity index (χ2v) is 4.99. The molecule has 1 aromatic carbocycles. The van der Waals surface area contributed by atoms with Gasteiger partial charge in [0.15, 0.2) is 0 Å². The van der Waals surface area contributed by atoms with Crippen molar-refractivity contribution in [1.82, 2.24) is 4.90 Å². The van der Waals surface area contributed by atoms with Crippen molar-refractivity contribution in [3.8, 4) is 0 Å². The summed E-state index contributed by atoms with van der Waals surface area (Å²) in [5.41, 5.74) is 1.41. The summed E-state index contributed by atoms with van der Waals surface area (Å²) >= 11 is 0. The van der Waals surface area contributed by atoms with E-state index in [0.717, 1.165) is 31.8 Å². The first-order valence-electron chi connectivity index (χ1n) is 6.64. The Kier molecular flexibility index (Phi) is 4.18. The summed E-state index contributed by atoms with van der Waals surface area (Å²) in [6.07, 6.45) is 4.57. The monoisotopic (exact) mass is 230 g/mol. The molecule has 1 heterocycles. The van der Waals surface area contributed by atoms with Gasteiger partial charge in [-0.15, -0.1) is 0 Å². The van der Waals surface area contributed by atoms with E-state index in [1.54, 1.807) is 0 Å². The lowest BCUT2D eigenvalue weighted by molar-refractivity contribution is 0.352. The van der Waals surface area contributed by atoms with Gasteiger partial charge in [-0.3, -0.25) is 5.41 Å². The Morgan fingerprint density at radius 3 is 2.71 bits per heavy atom. The minimum atomic E-state index is 0.589. The fraction of sp³-hybridized carbons (Fsp3) is 0.533. The third-order valence-electron chi connectivity index (χ3n) is 3.67. The topological polar surface area (TPSA) is 27.1 Å². The molecule has 1 aliphatic heterocycles. The van der Waals surface area contributed by atoms with Crippen molar-refractivity contribution >= 4 is 5.84 Å². The highest BCUT2D eigenvalue weighted by Gasteiger charge is 2.15. The van der Waals surface area contributed by atoms with Crippen molar-refractivity contribution in [1.29, 1.82) is 5.41 Å². The van der Waals surface area contributed by atoms with E-state index in [-0.39, 0.29) is 0 Å². The summed E-state index contributed by atoms with van der Waals surface area (Å²) in [5.74, 6) is 1.43. The lowest BCUT2D eigenvalue weighted by Gasteiger charge is -2.30. The van der Waals surface area contributed by atoms with Crippen LogP contribution < -0.4 is 0 Å². The molecule has 0 aromatic heterocycles. The number of nitrogens with zero attached hydrogens (tertiary/aromatic N) is 1. The van der Waals surface area contributed by atoms with Crippen molar-refractivity contribution in [2.45, 2.75) is 38.5 Å². The summed E-state index contributed by atoms with van der Waals surface area (Å²) in [4.78, 5) is 2.25.